The Balaban J connectivity index is 2.21. The molecule has 2 heterocycles. The molecule has 0 saturated carbocycles. The van der Waals surface area contributed by atoms with E-state index in [1.54, 1.807) is 35.7 Å². The molecule has 2 rings (SSSR count). The fourth-order valence-electron chi connectivity index (χ4n) is 1.19. The lowest BCUT2D eigenvalue weighted by Crippen LogP contribution is -1.77. The van der Waals surface area contributed by atoms with Crippen LogP contribution in [0.1, 0.15) is 11.8 Å². The lowest BCUT2D eigenvalue weighted by molar-refractivity contribution is -0.112. The normalized spacial score (nSPS) is 11.0. The number of hydrogen-bond acceptors (Lipinski definition) is 3. The van der Waals surface area contributed by atoms with Crippen molar-refractivity contribution in [3.8, 4) is 9.75 Å². The first kappa shape index (κ1) is 10.3. The van der Waals surface area contributed by atoms with Crippen LogP contribution in [0.25, 0.3) is 15.8 Å². The van der Waals surface area contributed by atoms with Crippen molar-refractivity contribution in [1.82, 2.24) is 0 Å². The summed E-state index contributed by atoms with van der Waals surface area (Å²) in [7, 11) is 0. The van der Waals surface area contributed by atoms with Crippen LogP contribution in [0, 0.1) is 0 Å². The van der Waals surface area contributed by atoms with E-state index in [-0.39, 0.29) is 5.78 Å². The molecular formula is C12H10OS2. The number of rotatable bonds is 3. The van der Waals surface area contributed by atoms with E-state index >= 15 is 0 Å². The molecule has 0 aliphatic heterocycles. The van der Waals surface area contributed by atoms with Gasteiger partial charge in [-0.3, -0.25) is 4.79 Å². The Hall–Kier alpha value is -1.19. The highest BCUT2D eigenvalue weighted by Gasteiger charge is 2.01. The average molecular weight is 234 g/mol. The molecule has 15 heavy (non-hydrogen) atoms. The van der Waals surface area contributed by atoms with Gasteiger partial charge in [0.2, 0.25) is 0 Å². The second-order valence-corrected chi connectivity index (χ2v) is 5.19. The average Bonchev–Trinajstić information content (AvgIpc) is 2.85. The molecular weight excluding hydrogens is 224 g/mol. The summed E-state index contributed by atoms with van der Waals surface area (Å²) >= 11 is 3.44. The topological polar surface area (TPSA) is 17.1 Å². The lowest BCUT2D eigenvalue weighted by Gasteiger charge is -1.87. The van der Waals surface area contributed by atoms with Gasteiger partial charge in [0.25, 0.3) is 0 Å². The molecule has 1 nitrogen and oxygen atoms in total. The second-order valence-electron chi connectivity index (χ2n) is 3.12. The molecule has 0 N–H and O–H groups in total. The number of carbonyl (C=O) groups excluding carboxylic acids is 1. The van der Waals surface area contributed by atoms with E-state index in [0.29, 0.717) is 0 Å². The van der Waals surface area contributed by atoms with E-state index in [0.717, 1.165) is 4.88 Å². The van der Waals surface area contributed by atoms with Gasteiger partial charge < -0.3 is 0 Å². The van der Waals surface area contributed by atoms with Crippen molar-refractivity contribution in [2.45, 2.75) is 6.92 Å². The summed E-state index contributed by atoms with van der Waals surface area (Å²) < 4.78 is 0. The molecule has 0 unspecified atom stereocenters. The molecule has 0 fully saturated rings. The van der Waals surface area contributed by atoms with Gasteiger partial charge in [0.05, 0.1) is 0 Å². The van der Waals surface area contributed by atoms with Crippen molar-refractivity contribution in [3.63, 3.8) is 0 Å². The summed E-state index contributed by atoms with van der Waals surface area (Å²) in [5.74, 6) is 0.0843. The van der Waals surface area contributed by atoms with E-state index in [1.807, 2.05) is 18.2 Å². The molecule has 0 aromatic carbocycles. The maximum Gasteiger partial charge on any atom is 0.152 e. The smallest absolute Gasteiger partial charge is 0.152 e. The molecule has 0 radical (unpaired) electrons. The highest BCUT2D eigenvalue weighted by atomic mass is 32.1. The lowest BCUT2D eigenvalue weighted by atomic mass is 10.3. The Bertz CT molecular complexity index is 477. The fraction of sp³-hybridized carbons (Fsp3) is 0.0833. The van der Waals surface area contributed by atoms with Crippen molar-refractivity contribution < 1.29 is 4.79 Å². The van der Waals surface area contributed by atoms with Crippen molar-refractivity contribution in [2.24, 2.45) is 0 Å². The summed E-state index contributed by atoms with van der Waals surface area (Å²) in [6, 6.07) is 8.29. The Morgan fingerprint density at radius 3 is 2.80 bits per heavy atom. The van der Waals surface area contributed by atoms with Crippen LogP contribution in [0.15, 0.2) is 35.7 Å². The molecule has 0 saturated heterocycles. The number of allylic oxidation sites excluding steroid dienone is 1. The van der Waals surface area contributed by atoms with Crippen molar-refractivity contribution in [2.75, 3.05) is 0 Å². The largest absolute Gasteiger partial charge is 0.295 e. The number of thiophene rings is 2. The van der Waals surface area contributed by atoms with E-state index in [9.17, 15) is 4.79 Å². The van der Waals surface area contributed by atoms with Crippen LogP contribution >= 0.6 is 22.7 Å². The van der Waals surface area contributed by atoms with Crippen molar-refractivity contribution in [1.29, 1.82) is 0 Å². The van der Waals surface area contributed by atoms with Crippen LogP contribution in [0.3, 0.4) is 0 Å². The number of carbonyl (C=O) groups is 1. The van der Waals surface area contributed by atoms with Gasteiger partial charge in [-0.15, -0.1) is 22.7 Å². The molecule has 76 valence electrons. The minimum Gasteiger partial charge on any atom is -0.295 e. The van der Waals surface area contributed by atoms with Crippen molar-refractivity contribution in [3.05, 3.63) is 40.6 Å². The van der Waals surface area contributed by atoms with Crippen molar-refractivity contribution >= 4 is 34.5 Å². The van der Waals surface area contributed by atoms with Crippen LogP contribution in [-0.4, -0.2) is 5.78 Å². The predicted octanol–water partition coefficient (Wildman–Crippen LogP) is 4.08. The molecule has 2 aromatic rings. The molecule has 2 aromatic heterocycles. The third-order valence-electron chi connectivity index (χ3n) is 1.87. The predicted molar refractivity (Wildman–Crippen MR) is 67.3 cm³/mol. The highest BCUT2D eigenvalue weighted by molar-refractivity contribution is 7.21. The first-order chi connectivity index (χ1) is 7.25. The van der Waals surface area contributed by atoms with Gasteiger partial charge in [0, 0.05) is 14.6 Å². The maximum absolute atomic E-state index is 10.8. The summed E-state index contributed by atoms with van der Waals surface area (Å²) in [6.45, 7) is 1.56. The first-order valence-corrected chi connectivity index (χ1v) is 6.28. The van der Waals surface area contributed by atoms with Gasteiger partial charge in [-0.25, -0.2) is 0 Å². The highest BCUT2D eigenvalue weighted by Crippen LogP contribution is 2.31. The van der Waals surface area contributed by atoms with Crippen LogP contribution < -0.4 is 0 Å². The zero-order valence-electron chi connectivity index (χ0n) is 8.27. The Morgan fingerprint density at radius 1 is 1.27 bits per heavy atom. The van der Waals surface area contributed by atoms with Crippen LogP contribution in [0.5, 0.6) is 0 Å². The molecule has 0 spiro atoms. The van der Waals surface area contributed by atoms with E-state index in [2.05, 4.69) is 17.5 Å². The Morgan fingerprint density at radius 2 is 2.13 bits per heavy atom. The second kappa shape index (κ2) is 4.55. The summed E-state index contributed by atoms with van der Waals surface area (Å²) in [5, 5.41) is 2.07. The molecule has 0 aliphatic carbocycles. The molecule has 0 atom stereocenters. The van der Waals surface area contributed by atoms with Crippen LogP contribution in [0.2, 0.25) is 0 Å². The third kappa shape index (κ3) is 2.64. The zero-order chi connectivity index (χ0) is 10.7. The van der Waals surface area contributed by atoms with Crippen LogP contribution in [0.4, 0.5) is 0 Å². The SMILES string of the molecule is CC(=O)C=Cc1ccc(-c2cccs2)s1. The summed E-state index contributed by atoms with van der Waals surface area (Å²) in [6.07, 6.45) is 3.47. The van der Waals surface area contributed by atoms with Gasteiger partial charge in [-0.05, 0) is 42.7 Å². The van der Waals surface area contributed by atoms with E-state index in [1.165, 1.54) is 9.75 Å². The van der Waals surface area contributed by atoms with E-state index < -0.39 is 0 Å². The fourth-order valence-corrected chi connectivity index (χ4v) is 2.94. The quantitative estimate of drug-likeness (QED) is 0.731. The van der Waals surface area contributed by atoms with Gasteiger partial charge in [-0.1, -0.05) is 6.07 Å². The van der Waals surface area contributed by atoms with Gasteiger partial charge in [0.15, 0.2) is 5.78 Å². The minimum atomic E-state index is 0.0843. The number of ketones is 1. The minimum absolute atomic E-state index is 0.0843. The van der Waals surface area contributed by atoms with E-state index in [4.69, 9.17) is 0 Å². The maximum atomic E-state index is 10.8. The van der Waals surface area contributed by atoms with Gasteiger partial charge in [0.1, 0.15) is 0 Å². The Labute approximate surface area is 96.7 Å². The molecule has 0 aliphatic rings. The van der Waals surface area contributed by atoms with Crippen LogP contribution in [-0.2, 0) is 4.79 Å². The Kier molecular flexibility index (Phi) is 3.14. The summed E-state index contributed by atoms with van der Waals surface area (Å²) in [4.78, 5) is 14.4. The molecule has 0 amide bonds. The third-order valence-corrected chi connectivity index (χ3v) is 3.99. The first-order valence-electron chi connectivity index (χ1n) is 4.58. The zero-order valence-corrected chi connectivity index (χ0v) is 9.90. The number of hydrogen-bond donors (Lipinski definition) is 0. The molecule has 3 heteroatoms. The monoisotopic (exact) mass is 234 g/mol. The van der Waals surface area contributed by atoms with Gasteiger partial charge in [-0.2, -0.15) is 0 Å². The molecule has 0 bridgehead atoms. The standard InChI is InChI=1S/C12H10OS2/c1-9(13)4-5-10-6-7-12(15-10)11-3-2-8-14-11/h2-8H,1H3. The summed E-state index contributed by atoms with van der Waals surface area (Å²) in [5.41, 5.74) is 0. The van der Waals surface area contributed by atoms with Gasteiger partial charge >= 0.3 is 0 Å².